The second kappa shape index (κ2) is 3.73. The van der Waals surface area contributed by atoms with E-state index in [1.807, 2.05) is 0 Å². The Balaban J connectivity index is 3.06. The normalized spacial score (nSPS) is 10.8. The third kappa shape index (κ3) is 1.62. The minimum absolute atomic E-state index is 0.0581. The van der Waals surface area contributed by atoms with Crippen LogP contribution in [0.25, 0.3) is 11.0 Å². The van der Waals surface area contributed by atoms with Gasteiger partial charge in [-0.25, -0.2) is 0 Å². The summed E-state index contributed by atoms with van der Waals surface area (Å²) in [5.74, 6) is -0.0495. The molecule has 0 bridgehead atoms. The van der Waals surface area contributed by atoms with Gasteiger partial charge in [0.15, 0.2) is 16.8 Å². The molecule has 0 unspecified atom stereocenters. The second-order valence-corrected chi connectivity index (χ2v) is 4.00. The molecule has 1 aromatic heterocycles. The van der Waals surface area contributed by atoms with Crippen molar-refractivity contribution in [2.24, 2.45) is 0 Å². The SMILES string of the molecule is CC(=O)c1c(O)ccc2c(=O)c(C)c(C)oc12. The number of carbonyl (C=O) groups is 1. The molecule has 0 radical (unpaired) electrons. The van der Waals surface area contributed by atoms with Gasteiger partial charge < -0.3 is 9.52 Å². The van der Waals surface area contributed by atoms with Crippen molar-refractivity contribution in [2.75, 3.05) is 0 Å². The molecular formula is C13H12O4. The fourth-order valence-electron chi connectivity index (χ4n) is 1.79. The lowest BCUT2D eigenvalue weighted by Crippen LogP contribution is -2.09. The Labute approximate surface area is 97.5 Å². The van der Waals surface area contributed by atoms with Crippen molar-refractivity contribution < 1.29 is 14.3 Å². The van der Waals surface area contributed by atoms with Gasteiger partial charge in [0.05, 0.1) is 5.39 Å². The molecule has 88 valence electrons. The molecule has 2 rings (SSSR count). The first-order chi connectivity index (χ1) is 7.93. The van der Waals surface area contributed by atoms with Gasteiger partial charge in [-0.05, 0) is 32.9 Å². The number of benzene rings is 1. The summed E-state index contributed by atoms with van der Waals surface area (Å²) < 4.78 is 5.47. The Bertz CT molecular complexity index is 680. The topological polar surface area (TPSA) is 67.5 Å². The molecular weight excluding hydrogens is 220 g/mol. The smallest absolute Gasteiger partial charge is 0.195 e. The van der Waals surface area contributed by atoms with Crippen LogP contribution in [0.2, 0.25) is 0 Å². The number of ketones is 1. The van der Waals surface area contributed by atoms with Gasteiger partial charge in [0.1, 0.15) is 17.1 Å². The van der Waals surface area contributed by atoms with E-state index in [4.69, 9.17) is 4.42 Å². The van der Waals surface area contributed by atoms with E-state index in [0.717, 1.165) is 0 Å². The number of hydrogen-bond donors (Lipinski definition) is 1. The maximum Gasteiger partial charge on any atom is 0.195 e. The Hall–Kier alpha value is -2.10. The highest BCUT2D eigenvalue weighted by molar-refractivity contribution is 6.07. The fourth-order valence-corrected chi connectivity index (χ4v) is 1.79. The molecule has 1 aromatic carbocycles. The zero-order valence-corrected chi connectivity index (χ0v) is 9.83. The number of hydrogen-bond acceptors (Lipinski definition) is 4. The number of Topliss-reactive ketones (excluding diaryl/α,β-unsaturated/α-hetero) is 1. The molecule has 1 N–H and O–H groups in total. The number of fused-ring (bicyclic) bond motifs is 1. The molecule has 1 heterocycles. The fraction of sp³-hybridized carbons (Fsp3) is 0.231. The van der Waals surface area contributed by atoms with Crippen LogP contribution in [-0.4, -0.2) is 10.9 Å². The number of rotatable bonds is 1. The number of aromatic hydroxyl groups is 1. The molecule has 0 atom stereocenters. The van der Waals surface area contributed by atoms with Gasteiger partial charge in [-0.3, -0.25) is 9.59 Å². The van der Waals surface area contributed by atoms with Crippen LogP contribution in [0.5, 0.6) is 5.75 Å². The van der Waals surface area contributed by atoms with Crippen LogP contribution in [0.3, 0.4) is 0 Å². The minimum atomic E-state index is -0.334. The molecule has 0 fully saturated rings. The average molecular weight is 232 g/mol. The average Bonchev–Trinajstić information content (AvgIpc) is 2.25. The summed E-state index contributed by atoms with van der Waals surface area (Å²) in [4.78, 5) is 23.4. The molecule has 0 aliphatic heterocycles. The van der Waals surface area contributed by atoms with Crippen molar-refractivity contribution in [1.29, 1.82) is 0 Å². The monoisotopic (exact) mass is 232 g/mol. The summed E-state index contributed by atoms with van der Waals surface area (Å²) >= 11 is 0. The van der Waals surface area contributed by atoms with Crippen LogP contribution < -0.4 is 5.43 Å². The maximum atomic E-state index is 12.0. The maximum absolute atomic E-state index is 12.0. The summed E-state index contributed by atoms with van der Waals surface area (Å²) in [5.41, 5.74) is 0.553. The van der Waals surface area contributed by atoms with Crippen molar-refractivity contribution in [2.45, 2.75) is 20.8 Å². The van der Waals surface area contributed by atoms with Crippen molar-refractivity contribution in [1.82, 2.24) is 0 Å². The van der Waals surface area contributed by atoms with Crippen LogP contribution in [0.4, 0.5) is 0 Å². The summed E-state index contributed by atoms with van der Waals surface area (Å²) in [6.45, 7) is 4.65. The summed E-state index contributed by atoms with van der Waals surface area (Å²) in [6.07, 6.45) is 0. The van der Waals surface area contributed by atoms with Crippen LogP contribution in [0.15, 0.2) is 21.3 Å². The van der Waals surface area contributed by atoms with E-state index in [1.165, 1.54) is 19.1 Å². The largest absolute Gasteiger partial charge is 0.507 e. The van der Waals surface area contributed by atoms with Crippen molar-refractivity contribution in [3.05, 3.63) is 39.2 Å². The lowest BCUT2D eigenvalue weighted by molar-refractivity contribution is 0.101. The molecule has 0 saturated heterocycles. The Morgan fingerprint density at radius 1 is 1.29 bits per heavy atom. The highest BCUT2D eigenvalue weighted by Crippen LogP contribution is 2.27. The molecule has 4 heteroatoms. The highest BCUT2D eigenvalue weighted by Gasteiger charge is 2.17. The molecule has 0 aliphatic rings. The Kier molecular flexibility index (Phi) is 2.50. The van der Waals surface area contributed by atoms with Gasteiger partial charge >= 0.3 is 0 Å². The van der Waals surface area contributed by atoms with Gasteiger partial charge in [-0.2, -0.15) is 0 Å². The van der Waals surface area contributed by atoms with E-state index in [0.29, 0.717) is 16.7 Å². The number of carbonyl (C=O) groups excluding carboxylic acids is 1. The first kappa shape index (κ1) is 11.4. The van der Waals surface area contributed by atoms with E-state index < -0.39 is 0 Å². The Morgan fingerprint density at radius 3 is 2.53 bits per heavy atom. The van der Waals surface area contributed by atoms with Gasteiger partial charge in [-0.15, -0.1) is 0 Å². The lowest BCUT2D eigenvalue weighted by atomic mass is 10.0. The van der Waals surface area contributed by atoms with Crippen LogP contribution in [0.1, 0.15) is 28.6 Å². The second-order valence-electron chi connectivity index (χ2n) is 4.00. The van der Waals surface area contributed by atoms with Crippen LogP contribution in [-0.2, 0) is 0 Å². The quantitative estimate of drug-likeness (QED) is 0.766. The van der Waals surface area contributed by atoms with Crippen molar-refractivity contribution >= 4 is 16.8 Å². The van der Waals surface area contributed by atoms with Gasteiger partial charge in [0.2, 0.25) is 0 Å². The Morgan fingerprint density at radius 2 is 1.94 bits per heavy atom. The molecule has 2 aromatic rings. The first-order valence-electron chi connectivity index (χ1n) is 5.20. The van der Waals surface area contributed by atoms with E-state index in [-0.39, 0.29) is 28.1 Å². The number of phenols is 1. The third-order valence-corrected chi connectivity index (χ3v) is 2.86. The molecule has 0 aliphatic carbocycles. The molecule has 0 amide bonds. The first-order valence-corrected chi connectivity index (χ1v) is 5.20. The van der Waals surface area contributed by atoms with Gasteiger partial charge in [0, 0.05) is 5.56 Å². The van der Waals surface area contributed by atoms with E-state index in [2.05, 4.69) is 0 Å². The minimum Gasteiger partial charge on any atom is -0.507 e. The summed E-state index contributed by atoms with van der Waals surface area (Å²) in [6, 6.07) is 2.81. The summed E-state index contributed by atoms with van der Waals surface area (Å²) in [7, 11) is 0. The van der Waals surface area contributed by atoms with Crippen LogP contribution >= 0.6 is 0 Å². The molecule has 4 nitrogen and oxygen atoms in total. The number of phenolic OH excluding ortho intramolecular Hbond substituents is 1. The number of aryl methyl sites for hydroxylation is 1. The van der Waals surface area contributed by atoms with Crippen molar-refractivity contribution in [3.8, 4) is 5.75 Å². The predicted octanol–water partition coefficient (Wildman–Crippen LogP) is 2.32. The molecule has 0 saturated carbocycles. The van der Waals surface area contributed by atoms with E-state index >= 15 is 0 Å². The van der Waals surface area contributed by atoms with Crippen LogP contribution in [0, 0.1) is 13.8 Å². The zero-order valence-electron chi connectivity index (χ0n) is 9.83. The van der Waals surface area contributed by atoms with E-state index in [1.54, 1.807) is 13.8 Å². The zero-order chi connectivity index (χ0) is 12.7. The molecule has 17 heavy (non-hydrogen) atoms. The third-order valence-electron chi connectivity index (χ3n) is 2.86. The summed E-state index contributed by atoms with van der Waals surface area (Å²) in [5, 5.41) is 9.96. The highest BCUT2D eigenvalue weighted by atomic mass is 16.3. The predicted molar refractivity (Wildman–Crippen MR) is 63.6 cm³/mol. The molecule has 0 spiro atoms. The van der Waals surface area contributed by atoms with E-state index in [9.17, 15) is 14.7 Å². The van der Waals surface area contributed by atoms with Crippen molar-refractivity contribution in [3.63, 3.8) is 0 Å². The lowest BCUT2D eigenvalue weighted by Gasteiger charge is -2.07. The standard InChI is InChI=1S/C13H12O4/c1-6-8(3)17-13-9(12(6)16)4-5-10(15)11(13)7(2)14/h4-5,15H,1-3H3. The van der Waals surface area contributed by atoms with Gasteiger partial charge in [-0.1, -0.05) is 0 Å². The van der Waals surface area contributed by atoms with Gasteiger partial charge in [0.25, 0.3) is 0 Å².